The first kappa shape index (κ1) is 11.5. The predicted molar refractivity (Wildman–Crippen MR) is 64.4 cm³/mol. The number of nitrogens with zero attached hydrogens (tertiary/aromatic N) is 1. The number of hydrogen-bond acceptors (Lipinski definition) is 2. The molecule has 2 rings (SSSR count). The van der Waals surface area contributed by atoms with Gasteiger partial charge in [0.2, 0.25) is 0 Å². The highest BCUT2D eigenvalue weighted by Gasteiger charge is 2.12. The van der Waals surface area contributed by atoms with Crippen molar-refractivity contribution in [3.63, 3.8) is 0 Å². The van der Waals surface area contributed by atoms with Gasteiger partial charge >= 0.3 is 0 Å². The van der Waals surface area contributed by atoms with Gasteiger partial charge in [0.15, 0.2) is 6.29 Å². The van der Waals surface area contributed by atoms with E-state index in [1.807, 2.05) is 0 Å². The van der Waals surface area contributed by atoms with Crippen LogP contribution in [0.1, 0.15) is 10.4 Å². The molecule has 2 aromatic rings. The number of aromatic nitrogens is 1. The van der Waals surface area contributed by atoms with Crippen LogP contribution >= 0.6 is 23.2 Å². The summed E-state index contributed by atoms with van der Waals surface area (Å²) in [5, 5.41) is 10.5. The molecule has 5 heteroatoms. The third-order valence-electron chi connectivity index (χ3n) is 2.43. The molecular weight excluding hydrogens is 249 g/mol. The number of aliphatic hydroxyl groups excluding tert-OH is 1. The summed E-state index contributed by atoms with van der Waals surface area (Å²) in [6.45, 7) is 0.356. The lowest BCUT2D eigenvalue weighted by Gasteiger charge is -2.04. The van der Waals surface area contributed by atoms with Crippen molar-refractivity contribution in [2.75, 3.05) is 6.61 Å². The smallest absolute Gasteiger partial charge is 0.152 e. The van der Waals surface area contributed by atoms with E-state index in [4.69, 9.17) is 28.3 Å². The highest BCUT2D eigenvalue weighted by atomic mass is 35.5. The van der Waals surface area contributed by atoms with Gasteiger partial charge in [0.05, 0.1) is 22.2 Å². The molecule has 1 heterocycles. The Morgan fingerprint density at radius 3 is 2.75 bits per heavy atom. The van der Waals surface area contributed by atoms with Crippen LogP contribution in [0.15, 0.2) is 18.3 Å². The second kappa shape index (κ2) is 4.45. The molecule has 0 spiro atoms. The summed E-state index contributed by atoms with van der Waals surface area (Å²) in [7, 11) is 0. The Balaban J connectivity index is 2.80. The van der Waals surface area contributed by atoms with Gasteiger partial charge in [-0.15, -0.1) is 0 Å². The average molecular weight is 258 g/mol. The van der Waals surface area contributed by atoms with Gasteiger partial charge in [-0.25, -0.2) is 0 Å². The minimum atomic E-state index is -0.0229. The van der Waals surface area contributed by atoms with E-state index in [0.29, 0.717) is 27.7 Å². The molecule has 84 valence electrons. The summed E-state index contributed by atoms with van der Waals surface area (Å²) in [6, 6.07) is 3.41. The Bertz CT molecular complexity index is 548. The molecule has 0 unspecified atom stereocenters. The van der Waals surface area contributed by atoms with Crippen molar-refractivity contribution in [2.45, 2.75) is 6.54 Å². The van der Waals surface area contributed by atoms with Crippen molar-refractivity contribution in [1.29, 1.82) is 0 Å². The second-order valence-corrected chi connectivity index (χ2v) is 4.16. The lowest BCUT2D eigenvalue weighted by molar-refractivity contribution is 0.112. The average Bonchev–Trinajstić information content (AvgIpc) is 2.63. The molecular formula is C11H9Cl2NO2. The van der Waals surface area contributed by atoms with Crippen LogP contribution in [0.5, 0.6) is 0 Å². The molecule has 0 fully saturated rings. The molecule has 1 N–H and O–H groups in total. The summed E-state index contributed by atoms with van der Waals surface area (Å²) >= 11 is 12.0. The molecule has 0 saturated heterocycles. The minimum Gasteiger partial charge on any atom is -0.395 e. The summed E-state index contributed by atoms with van der Waals surface area (Å²) in [5.74, 6) is 0. The Labute approximate surface area is 102 Å². The summed E-state index contributed by atoms with van der Waals surface area (Å²) < 4.78 is 1.73. The number of rotatable bonds is 3. The number of fused-ring (bicyclic) bond motifs is 1. The third kappa shape index (κ3) is 1.71. The number of aldehydes is 1. The predicted octanol–water partition coefficient (Wildman–Crippen LogP) is 2.75. The van der Waals surface area contributed by atoms with Crippen LogP contribution in [-0.2, 0) is 6.54 Å². The summed E-state index contributed by atoms with van der Waals surface area (Å²) in [5.41, 5.74) is 1.23. The largest absolute Gasteiger partial charge is 0.395 e. The first-order chi connectivity index (χ1) is 7.69. The monoisotopic (exact) mass is 257 g/mol. The Hall–Kier alpha value is -1.03. The molecule has 0 bridgehead atoms. The Morgan fingerprint density at radius 2 is 2.12 bits per heavy atom. The molecule has 0 radical (unpaired) electrons. The molecule has 0 saturated carbocycles. The lowest BCUT2D eigenvalue weighted by atomic mass is 10.2. The van der Waals surface area contributed by atoms with E-state index in [1.54, 1.807) is 22.9 Å². The molecule has 0 aliphatic carbocycles. The maximum absolute atomic E-state index is 10.9. The zero-order valence-corrected chi connectivity index (χ0v) is 9.79. The molecule has 0 amide bonds. The maximum Gasteiger partial charge on any atom is 0.152 e. The fraction of sp³-hybridized carbons (Fsp3) is 0.182. The van der Waals surface area contributed by atoms with Crippen molar-refractivity contribution in [3.8, 4) is 0 Å². The molecule has 1 aromatic heterocycles. The van der Waals surface area contributed by atoms with Gasteiger partial charge in [-0.3, -0.25) is 4.79 Å². The molecule has 0 atom stereocenters. The van der Waals surface area contributed by atoms with Crippen LogP contribution in [0, 0.1) is 0 Å². The molecule has 0 aliphatic heterocycles. The second-order valence-electron chi connectivity index (χ2n) is 3.38. The molecule has 3 nitrogen and oxygen atoms in total. The highest BCUT2D eigenvalue weighted by molar-refractivity contribution is 6.45. The van der Waals surface area contributed by atoms with Crippen molar-refractivity contribution >= 4 is 40.4 Å². The highest BCUT2D eigenvalue weighted by Crippen LogP contribution is 2.33. The van der Waals surface area contributed by atoms with E-state index in [-0.39, 0.29) is 6.61 Å². The fourth-order valence-corrected chi connectivity index (χ4v) is 2.16. The van der Waals surface area contributed by atoms with E-state index in [9.17, 15) is 4.79 Å². The fourth-order valence-electron chi connectivity index (χ4n) is 1.73. The number of hydrogen-bond donors (Lipinski definition) is 1. The van der Waals surface area contributed by atoms with Gasteiger partial charge in [0.1, 0.15) is 0 Å². The van der Waals surface area contributed by atoms with Crippen LogP contribution in [0.4, 0.5) is 0 Å². The van der Waals surface area contributed by atoms with Crippen molar-refractivity contribution < 1.29 is 9.90 Å². The third-order valence-corrected chi connectivity index (χ3v) is 3.22. The van der Waals surface area contributed by atoms with Gasteiger partial charge in [0, 0.05) is 23.7 Å². The first-order valence-electron chi connectivity index (χ1n) is 4.72. The summed E-state index contributed by atoms with van der Waals surface area (Å²) in [6.07, 6.45) is 2.43. The van der Waals surface area contributed by atoms with Gasteiger partial charge in [0.25, 0.3) is 0 Å². The summed E-state index contributed by atoms with van der Waals surface area (Å²) in [4.78, 5) is 10.9. The number of carbonyl (C=O) groups is 1. The van der Waals surface area contributed by atoms with Crippen LogP contribution in [-0.4, -0.2) is 22.6 Å². The standard InChI is InChI=1S/C11H9Cl2NO2/c12-9-2-1-8-7(6-16)5-14(3-4-15)11(8)10(9)13/h1-2,5-6,15H,3-4H2. The quantitative estimate of drug-likeness (QED) is 0.860. The number of benzene rings is 1. The van der Waals surface area contributed by atoms with E-state index in [0.717, 1.165) is 11.7 Å². The van der Waals surface area contributed by atoms with Crippen molar-refractivity contribution in [3.05, 3.63) is 33.9 Å². The Kier molecular flexibility index (Phi) is 3.19. The SMILES string of the molecule is O=Cc1cn(CCO)c2c(Cl)c(Cl)ccc12. The van der Waals surface area contributed by atoms with Crippen LogP contribution in [0.3, 0.4) is 0 Å². The molecule has 1 aromatic carbocycles. The number of carbonyl (C=O) groups excluding carboxylic acids is 1. The van der Waals surface area contributed by atoms with E-state index in [2.05, 4.69) is 0 Å². The van der Waals surface area contributed by atoms with Crippen LogP contribution in [0.25, 0.3) is 10.9 Å². The van der Waals surface area contributed by atoms with Gasteiger partial charge in [-0.05, 0) is 6.07 Å². The normalized spacial score (nSPS) is 10.9. The number of aliphatic hydroxyl groups is 1. The van der Waals surface area contributed by atoms with E-state index in [1.165, 1.54) is 0 Å². The lowest BCUT2D eigenvalue weighted by Crippen LogP contribution is -2.00. The van der Waals surface area contributed by atoms with Gasteiger partial charge in [-0.2, -0.15) is 0 Å². The van der Waals surface area contributed by atoms with Crippen molar-refractivity contribution in [1.82, 2.24) is 4.57 Å². The zero-order valence-electron chi connectivity index (χ0n) is 8.28. The topological polar surface area (TPSA) is 42.2 Å². The molecule has 0 aliphatic rings. The van der Waals surface area contributed by atoms with Crippen molar-refractivity contribution in [2.24, 2.45) is 0 Å². The Morgan fingerprint density at radius 1 is 1.38 bits per heavy atom. The van der Waals surface area contributed by atoms with Crippen LogP contribution < -0.4 is 0 Å². The van der Waals surface area contributed by atoms with Gasteiger partial charge < -0.3 is 9.67 Å². The van der Waals surface area contributed by atoms with Crippen LogP contribution in [0.2, 0.25) is 10.0 Å². The zero-order chi connectivity index (χ0) is 11.7. The first-order valence-corrected chi connectivity index (χ1v) is 5.47. The number of halogens is 2. The molecule has 16 heavy (non-hydrogen) atoms. The minimum absolute atomic E-state index is 0.0229. The maximum atomic E-state index is 10.9. The van der Waals surface area contributed by atoms with E-state index >= 15 is 0 Å². The van der Waals surface area contributed by atoms with Gasteiger partial charge in [-0.1, -0.05) is 29.3 Å². The van der Waals surface area contributed by atoms with E-state index < -0.39 is 0 Å².